The molecule has 0 spiro atoms. The Balaban J connectivity index is 1.64. The molecule has 6 heteroatoms. The molecule has 1 amide bonds. The van der Waals surface area contributed by atoms with E-state index in [4.69, 9.17) is 4.98 Å². The Morgan fingerprint density at radius 2 is 1.80 bits per heavy atom. The van der Waals surface area contributed by atoms with Crippen LogP contribution in [0.3, 0.4) is 0 Å². The van der Waals surface area contributed by atoms with Crippen molar-refractivity contribution >= 4 is 16.9 Å². The maximum absolute atomic E-state index is 13.6. The Labute approximate surface area is 173 Å². The lowest BCUT2D eigenvalue weighted by Crippen LogP contribution is -2.27. The quantitative estimate of drug-likeness (QED) is 0.506. The predicted molar refractivity (Wildman–Crippen MR) is 114 cm³/mol. The number of benzene rings is 2. The van der Waals surface area contributed by atoms with Crippen LogP contribution in [0, 0.1) is 5.82 Å². The lowest BCUT2D eigenvalue weighted by atomic mass is 10.1. The topological polar surface area (TPSA) is 51.0 Å². The van der Waals surface area contributed by atoms with Gasteiger partial charge in [0.2, 0.25) is 0 Å². The van der Waals surface area contributed by atoms with Crippen molar-refractivity contribution in [3.05, 3.63) is 83.8 Å². The van der Waals surface area contributed by atoms with Gasteiger partial charge < -0.3 is 4.90 Å². The number of amides is 1. The normalized spacial score (nSPS) is 13.8. The highest BCUT2D eigenvalue weighted by molar-refractivity contribution is 6.06. The summed E-state index contributed by atoms with van der Waals surface area (Å²) in [5.41, 5.74) is 3.70. The van der Waals surface area contributed by atoms with Crippen LogP contribution >= 0.6 is 0 Å². The monoisotopic (exact) mass is 400 g/mol. The SMILES string of the molecule is O=C(c1cc(-c2ccccc2)nc2c1cnn2Cc1cccc(F)c1)N1CCCC1. The van der Waals surface area contributed by atoms with Crippen molar-refractivity contribution in [2.45, 2.75) is 19.4 Å². The summed E-state index contributed by atoms with van der Waals surface area (Å²) in [5, 5.41) is 5.21. The molecule has 2 aromatic heterocycles. The smallest absolute Gasteiger partial charge is 0.254 e. The molecule has 2 aromatic carbocycles. The molecule has 0 radical (unpaired) electrons. The molecule has 3 heterocycles. The lowest BCUT2D eigenvalue weighted by molar-refractivity contribution is 0.0794. The highest BCUT2D eigenvalue weighted by Gasteiger charge is 2.24. The number of aromatic nitrogens is 3. The standard InChI is InChI=1S/C24H21FN4O/c25-19-10-6-7-17(13-19)16-29-23-21(15-26-29)20(24(30)28-11-4-5-12-28)14-22(27-23)18-8-2-1-3-9-18/h1-3,6-10,13-15H,4-5,11-12,16H2. The van der Waals surface area contributed by atoms with Gasteiger partial charge in [-0.3, -0.25) is 4.79 Å². The number of carbonyl (C=O) groups is 1. The van der Waals surface area contributed by atoms with Crippen LogP contribution in [-0.2, 0) is 6.54 Å². The molecule has 1 aliphatic heterocycles. The van der Waals surface area contributed by atoms with E-state index >= 15 is 0 Å². The third-order valence-corrected chi connectivity index (χ3v) is 5.52. The van der Waals surface area contributed by atoms with Crippen LogP contribution in [0.5, 0.6) is 0 Å². The van der Waals surface area contributed by atoms with Crippen LogP contribution in [-0.4, -0.2) is 38.7 Å². The molecule has 0 unspecified atom stereocenters. The number of carbonyl (C=O) groups excluding carboxylic acids is 1. The Bertz CT molecular complexity index is 1210. The molecule has 1 saturated heterocycles. The summed E-state index contributed by atoms with van der Waals surface area (Å²) in [7, 11) is 0. The van der Waals surface area contributed by atoms with Gasteiger partial charge in [0.25, 0.3) is 5.91 Å². The maximum atomic E-state index is 13.6. The third kappa shape index (κ3) is 3.45. The minimum absolute atomic E-state index is 0.0161. The molecule has 5 rings (SSSR count). The number of nitrogens with zero attached hydrogens (tertiary/aromatic N) is 4. The second-order valence-corrected chi connectivity index (χ2v) is 7.59. The molecule has 5 nitrogen and oxygen atoms in total. The van der Waals surface area contributed by atoms with Crippen LogP contribution in [0.1, 0.15) is 28.8 Å². The zero-order valence-electron chi connectivity index (χ0n) is 16.5. The van der Waals surface area contributed by atoms with E-state index in [9.17, 15) is 9.18 Å². The van der Waals surface area contributed by atoms with Crippen LogP contribution in [0.15, 0.2) is 66.9 Å². The minimum atomic E-state index is -0.285. The van der Waals surface area contributed by atoms with E-state index in [1.807, 2.05) is 47.4 Å². The first-order chi connectivity index (χ1) is 14.7. The number of pyridine rings is 1. The molecule has 1 fully saturated rings. The summed E-state index contributed by atoms with van der Waals surface area (Å²) >= 11 is 0. The van der Waals surface area contributed by atoms with E-state index in [-0.39, 0.29) is 11.7 Å². The van der Waals surface area contributed by atoms with E-state index in [2.05, 4.69) is 5.10 Å². The van der Waals surface area contributed by atoms with Crippen LogP contribution < -0.4 is 0 Å². The average molecular weight is 400 g/mol. The molecule has 30 heavy (non-hydrogen) atoms. The maximum Gasteiger partial charge on any atom is 0.254 e. The second kappa shape index (κ2) is 7.71. The van der Waals surface area contributed by atoms with Gasteiger partial charge in [-0.2, -0.15) is 5.10 Å². The largest absolute Gasteiger partial charge is 0.339 e. The van der Waals surface area contributed by atoms with Crippen molar-refractivity contribution in [2.24, 2.45) is 0 Å². The van der Waals surface area contributed by atoms with E-state index in [1.165, 1.54) is 12.1 Å². The van der Waals surface area contributed by atoms with Crippen molar-refractivity contribution in [3.63, 3.8) is 0 Å². The number of hydrogen-bond donors (Lipinski definition) is 0. The van der Waals surface area contributed by atoms with E-state index in [0.717, 1.165) is 48.1 Å². The number of fused-ring (bicyclic) bond motifs is 1. The Hall–Kier alpha value is -3.54. The van der Waals surface area contributed by atoms with Gasteiger partial charge in [-0.25, -0.2) is 14.1 Å². The fourth-order valence-corrected chi connectivity index (χ4v) is 4.00. The van der Waals surface area contributed by atoms with Gasteiger partial charge in [-0.05, 0) is 36.6 Å². The lowest BCUT2D eigenvalue weighted by Gasteiger charge is -2.16. The summed E-state index contributed by atoms with van der Waals surface area (Å²) in [6.07, 6.45) is 3.76. The zero-order chi connectivity index (χ0) is 20.5. The summed E-state index contributed by atoms with van der Waals surface area (Å²) in [5.74, 6) is -0.269. The van der Waals surface area contributed by atoms with E-state index < -0.39 is 0 Å². The summed E-state index contributed by atoms with van der Waals surface area (Å²) in [6.45, 7) is 1.94. The number of likely N-dealkylation sites (tertiary alicyclic amines) is 1. The van der Waals surface area contributed by atoms with Crippen LogP contribution in [0.2, 0.25) is 0 Å². The Morgan fingerprint density at radius 1 is 1.00 bits per heavy atom. The van der Waals surface area contributed by atoms with Crippen molar-refractivity contribution < 1.29 is 9.18 Å². The molecule has 0 bridgehead atoms. The molecule has 0 aliphatic carbocycles. The van der Waals surface area contributed by atoms with Gasteiger partial charge in [-0.1, -0.05) is 42.5 Å². The first-order valence-electron chi connectivity index (χ1n) is 10.1. The fourth-order valence-electron chi connectivity index (χ4n) is 4.00. The fraction of sp³-hybridized carbons (Fsp3) is 0.208. The number of halogens is 1. The molecular formula is C24H21FN4O. The highest BCUT2D eigenvalue weighted by atomic mass is 19.1. The molecule has 0 atom stereocenters. The van der Waals surface area contributed by atoms with Gasteiger partial charge in [0.1, 0.15) is 5.82 Å². The van der Waals surface area contributed by atoms with Gasteiger partial charge >= 0.3 is 0 Å². The minimum Gasteiger partial charge on any atom is -0.339 e. The summed E-state index contributed by atoms with van der Waals surface area (Å²) < 4.78 is 15.4. The van der Waals surface area contributed by atoms with Crippen molar-refractivity contribution in [2.75, 3.05) is 13.1 Å². The summed E-state index contributed by atoms with van der Waals surface area (Å²) in [6, 6.07) is 18.1. The van der Waals surface area contributed by atoms with Gasteiger partial charge in [0, 0.05) is 18.7 Å². The molecule has 4 aromatic rings. The van der Waals surface area contributed by atoms with Gasteiger partial charge in [0.15, 0.2) is 5.65 Å². The molecule has 150 valence electrons. The molecule has 0 N–H and O–H groups in total. The Morgan fingerprint density at radius 3 is 2.57 bits per heavy atom. The zero-order valence-corrected chi connectivity index (χ0v) is 16.5. The highest BCUT2D eigenvalue weighted by Crippen LogP contribution is 2.27. The Kier molecular flexibility index (Phi) is 4.75. The van der Waals surface area contributed by atoms with Crippen LogP contribution in [0.4, 0.5) is 4.39 Å². The summed E-state index contributed by atoms with van der Waals surface area (Å²) in [4.78, 5) is 20.0. The third-order valence-electron chi connectivity index (χ3n) is 5.52. The van der Waals surface area contributed by atoms with Gasteiger partial charge in [-0.15, -0.1) is 0 Å². The molecule has 1 aliphatic rings. The van der Waals surface area contributed by atoms with Crippen LogP contribution in [0.25, 0.3) is 22.3 Å². The number of hydrogen-bond acceptors (Lipinski definition) is 3. The molecule has 0 saturated carbocycles. The van der Waals surface area contributed by atoms with Crippen molar-refractivity contribution in [1.29, 1.82) is 0 Å². The second-order valence-electron chi connectivity index (χ2n) is 7.59. The van der Waals surface area contributed by atoms with Crippen molar-refractivity contribution in [1.82, 2.24) is 19.7 Å². The molecular weight excluding hydrogens is 379 g/mol. The first kappa shape index (κ1) is 18.5. The average Bonchev–Trinajstić information content (AvgIpc) is 3.44. The number of rotatable bonds is 4. The van der Waals surface area contributed by atoms with Gasteiger partial charge in [0.05, 0.1) is 29.4 Å². The first-order valence-corrected chi connectivity index (χ1v) is 10.1. The van der Waals surface area contributed by atoms with E-state index in [0.29, 0.717) is 17.8 Å². The predicted octanol–water partition coefficient (Wildman–Crippen LogP) is 4.52. The van der Waals surface area contributed by atoms with E-state index in [1.54, 1.807) is 16.9 Å². The van der Waals surface area contributed by atoms with Crippen molar-refractivity contribution in [3.8, 4) is 11.3 Å².